The number of carbonyl (C=O) groups is 1. The van der Waals surface area contributed by atoms with E-state index in [-0.39, 0.29) is 17.5 Å². The van der Waals surface area contributed by atoms with E-state index in [1.54, 1.807) is 0 Å². The van der Waals surface area contributed by atoms with E-state index in [0.717, 1.165) is 24.8 Å². The highest BCUT2D eigenvalue weighted by Gasteiger charge is 2.78. The maximum absolute atomic E-state index is 12.3. The van der Waals surface area contributed by atoms with Gasteiger partial charge < -0.3 is 9.47 Å². The Morgan fingerprint density at radius 1 is 1.30 bits per heavy atom. The highest BCUT2D eigenvalue weighted by atomic mass is 16.6. The van der Waals surface area contributed by atoms with E-state index in [4.69, 9.17) is 9.47 Å². The van der Waals surface area contributed by atoms with Gasteiger partial charge in [-0.25, -0.2) is 4.79 Å². The maximum Gasteiger partial charge on any atom is 0.336 e. The number of carbonyl (C=O) groups excluding carboxylic acids is 1. The fourth-order valence-corrected chi connectivity index (χ4v) is 5.30. The molecule has 3 nitrogen and oxygen atoms in total. The maximum atomic E-state index is 12.3. The molecule has 1 spiro atoms. The van der Waals surface area contributed by atoms with Crippen molar-refractivity contribution in [1.82, 2.24) is 0 Å². The Balaban J connectivity index is 1.65. The Labute approximate surface area is 137 Å². The first-order chi connectivity index (χ1) is 11.0. The second-order valence-electron chi connectivity index (χ2n) is 7.74. The first-order valence-corrected chi connectivity index (χ1v) is 8.52. The Hall–Kier alpha value is -1.61. The molecule has 0 amide bonds. The third-order valence-electron chi connectivity index (χ3n) is 6.06. The predicted molar refractivity (Wildman–Crippen MR) is 87.8 cm³/mol. The van der Waals surface area contributed by atoms with Crippen molar-refractivity contribution >= 4 is 5.97 Å². The molecule has 2 aliphatic carbocycles. The summed E-state index contributed by atoms with van der Waals surface area (Å²) in [5.74, 6) is 0.645. The van der Waals surface area contributed by atoms with Gasteiger partial charge in [0.25, 0.3) is 0 Å². The van der Waals surface area contributed by atoms with Gasteiger partial charge in [0, 0.05) is 5.41 Å². The molecule has 0 aromatic heterocycles. The molecule has 1 saturated heterocycles. The molecule has 5 atom stereocenters. The molecule has 0 bridgehead atoms. The van der Waals surface area contributed by atoms with Crippen LogP contribution in [0.25, 0.3) is 0 Å². The third-order valence-corrected chi connectivity index (χ3v) is 6.06. The van der Waals surface area contributed by atoms with Gasteiger partial charge in [0.15, 0.2) is 0 Å². The molecule has 122 valence electrons. The Kier molecular flexibility index (Phi) is 3.21. The summed E-state index contributed by atoms with van der Waals surface area (Å²) in [6.07, 6.45) is 5.45. The van der Waals surface area contributed by atoms with Crippen LogP contribution in [0.3, 0.4) is 0 Å². The number of methoxy groups -OCH3 is 1. The predicted octanol–water partition coefficient (Wildman–Crippen LogP) is 3.53. The number of rotatable bonds is 3. The summed E-state index contributed by atoms with van der Waals surface area (Å²) in [4.78, 5) is 12.3. The molecule has 3 aliphatic rings. The summed E-state index contributed by atoms with van der Waals surface area (Å²) in [6, 6.07) is 10.6. The van der Waals surface area contributed by atoms with Crippen molar-refractivity contribution in [3.8, 4) is 0 Å². The Morgan fingerprint density at radius 2 is 2.04 bits per heavy atom. The van der Waals surface area contributed by atoms with Gasteiger partial charge in [0.1, 0.15) is 5.60 Å². The van der Waals surface area contributed by atoms with Crippen LogP contribution in [0.5, 0.6) is 0 Å². The lowest BCUT2D eigenvalue weighted by molar-refractivity contribution is -0.138. The van der Waals surface area contributed by atoms with E-state index in [2.05, 4.69) is 44.2 Å². The van der Waals surface area contributed by atoms with Crippen LogP contribution in [-0.4, -0.2) is 24.8 Å². The first kappa shape index (κ1) is 14.9. The zero-order chi connectivity index (χ0) is 16.2. The fourth-order valence-electron chi connectivity index (χ4n) is 5.30. The smallest absolute Gasteiger partial charge is 0.336 e. The average Bonchev–Trinajstić information content (AvgIpc) is 3.23. The van der Waals surface area contributed by atoms with Gasteiger partial charge in [0.2, 0.25) is 0 Å². The van der Waals surface area contributed by atoms with Gasteiger partial charge in [-0.1, -0.05) is 50.3 Å². The molecule has 2 fully saturated rings. The number of allylic oxidation sites excluding steroid dienone is 1. The van der Waals surface area contributed by atoms with Crippen molar-refractivity contribution in [2.75, 3.05) is 7.11 Å². The minimum Gasteiger partial charge on any atom is -0.466 e. The highest BCUT2D eigenvalue weighted by molar-refractivity contribution is 5.92. The monoisotopic (exact) mass is 312 g/mol. The first-order valence-electron chi connectivity index (χ1n) is 8.52. The van der Waals surface area contributed by atoms with Gasteiger partial charge in [0.05, 0.1) is 18.8 Å². The lowest BCUT2D eigenvalue weighted by atomic mass is 9.65. The van der Waals surface area contributed by atoms with Crippen LogP contribution in [0.4, 0.5) is 0 Å². The summed E-state index contributed by atoms with van der Waals surface area (Å²) in [5, 5.41) is 0. The molecule has 0 N–H and O–H groups in total. The minimum absolute atomic E-state index is 0.0365. The van der Waals surface area contributed by atoms with E-state index < -0.39 is 5.60 Å². The van der Waals surface area contributed by atoms with E-state index in [9.17, 15) is 4.79 Å². The summed E-state index contributed by atoms with van der Waals surface area (Å²) < 4.78 is 11.3. The lowest BCUT2D eigenvalue weighted by Crippen LogP contribution is -2.42. The molecule has 1 aromatic carbocycles. The molecule has 4 rings (SSSR count). The molecule has 23 heavy (non-hydrogen) atoms. The molecule has 3 heteroatoms. The van der Waals surface area contributed by atoms with Crippen LogP contribution in [0.1, 0.15) is 32.3 Å². The van der Waals surface area contributed by atoms with Gasteiger partial charge in [-0.15, -0.1) is 0 Å². The van der Waals surface area contributed by atoms with Gasteiger partial charge >= 0.3 is 5.97 Å². The number of esters is 1. The third kappa shape index (κ3) is 2.02. The average molecular weight is 312 g/mol. The summed E-state index contributed by atoms with van der Waals surface area (Å²) in [5.41, 5.74) is 1.75. The van der Waals surface area contributed by atoms with Crippen molar-refractivity contribution in [3.63, 3.8) is 0 Å². The topological polar surface area (TPSA) is 38.8 Å². The second kappa shape index (κ2) is 4.94. The van der Waals surface area contributed by atoms with Gasteiger partial charge in [-0.05, 0) is 36.7 Å². The molecular weight excluding hydrogens is 288 g/mol. The summed E-state index contributed by atoms with van der Waals surface area (Å²) in [6.45, 7) is 4.48. The quantitative estimate of drug-likeness (QED) is 0.633. The van der Waals surface area contributed by atoms with Crippen molar-refractivity contribution < 1.29 is 14.3 Å². The largest absolute Gasteiger partial charge is 0.466 e. The van der Waals surface area contributed by atoms with E-state index in [0.29, 0.717) is 11.8 Å². The second-order valence-corrected chi connectivity index (χ2v) is 7.74. The van der Waals surface area contributed by atoms with Crippen molar-refractivity contribution in [2.24, 2.45) is 17.3 Å². The summed E-state index contributed by atoms with van der Waals surface area (Å²) >= 11 is 0. The van der Waals surface area contributed by atoms with Crippen LogP contribution in [0.15, 0.2) is 42.0 Å². The van der Waals surface area contributed by atoms with Crippen LogP contribution in [0.2, 0.25) is 0 Å². The number of hydrogen-bond acceptors (Lipinski definition) is 3. The molecule has 1 aromatic rings. The molecular formula is C20H24O3. The van der Waals surface area contributed by atoms with Gasteiger partial charge in [-0.3, -0.25) is 0 Å². The highest BCUT2D eigenvalue weighted by Crippen LogP contribution is 2.70. The normalized spacial score (nSPS) is 40.8. The zero-order valence-electron chi connectivity index (χ0n) is 14.0. The summed E-state index contributed by atoms with van der Waals surface area (Å²) in [7, 11) is 1.46. The Bertz CT molecular complexity index is 665. The number of benzene rings is 1. The molecule has 0 unspecified atom stereocenters. The molecule has 1 saturated carbocycles. The van der Waals surface area contributed by atoms with Gasteiger partial charge in [-0.2, -0.15) is 0 Å². The van der Waals surface area contributed by atoms with Crippen LogP contribution in [-0.2, 0) is 20.7 Å². The number of hydrogen-bond donors (Lipinski definition) is 0. The molecule has 1 aliphatic heterocycles. The lowest BCUT2D eigenvalue weighted by Gasteiger charge is -2.39. The molecule has 0 radical (unpaired) electrons. The van der Waals surface area contributed by atoms with Crippen molar-refractivity contribution in [2.45, 2.75) is 44.8 Å². The van der Waals surface area contributed by atoms with Crippen LogP contribution in [0, 0.1) is 17.3 Å². The SMILES string of the molecule is COC(=O)C1=C[C@H](C)C[C@@]2(C)C[C@H](Cc3ccccc3)[C@@H]3O[C@@]132. The minimum atomic E-state index is -0.397. The Morgan fingerprint density at radius 3 is 2.74 bits per heavy atom. The number of epoxide rings is 1. The van der Waals surface area contributed by atoms with E-state index in [1.807, 2.05) is 6.07 Å². The fraction of sp³-hybridized carbons (Fsp3) is 0.550. The number of ether oxygens (including phenoxy) is 2. The zero-order valence-corrected chi connectivity index (χ0v) is 14.0. The standard InChI is InChI=1S/C20H24O3/c1-13-9-16(18(21)22-3)20-17(23-20)15(12-19(20,2)11-13)10-14-7-5-4-6-8-14/h4-9,13,15,17H,10-12H2,1-3H3/t13-,15-,17-,19-,20-/m0/s1. The van der Waals surface area contributed by atoms with Crippen LogP contribution >= 0.6 is 0 Å². The molecule has 1 heterocycles. The van der Waals surface area contributed by atoms with E-state index in [1.165, 1.54) is 12.7 Å². The van der Waals surface area contributed by atoms with Crippen molar-refractivity contribution in [1.29, 1.82) is 0 Å². The van der Waals surface area contributed by atoms with E-state index >= 15 is 0 Å². The van der Waals surface area contributed by atoms with Crippen LogP contribution < -0.4 is 0 Å². The van der Waals surface area contributed by atoms with Crippen molar-refractivity contribution in [3.05, 3.63) is 47.5 Å².